The van der Waals surface area contributed by atoms with Crippen LogP contribution in [-0.2, 0) is 12.8 Å². The summed E-state index contributed by atoms with van der Waals surface area (Å²) in [6, 6.07) is 15.5. The first-order valence-corrected chi connectivity index (χ1v) is 7.55. The Hall–Kier alpha value is -1.60. The Kier molecular flexibility index (Phi) is 3.62. The van der Waals surface area contributed by atoms with Crippen molar-refractivity contribution in [3.8, 4) is 0 Å². The molecule has 0 bridgehead atoms. The van der Waals surface area contributed by atoms with Crippen LogP contribution >= 0.6 is 0 Å². The van der Waals surface area contributed by atoms with Gasteiger partial charge >= 0.3 is 0 Å². The molecule has 0 fully saturated rings. The minimum atomic E-state index is 0.156. The average molecular weight is 265 g/mol. The number of benzene rings is 2. The van der Waals surface area contributed by atoms with Crippen LogP contribution < -0.4 is 5.73 Å². The Balaban J connectivity index is 1.86. The standard InChI is InChI=1S/C19H23N/c1-13-6-5-9-18(14(13)2)19(20)17-11-10-15-7-3-4-8-16(15)12-17/h3-9,17,19H,10-12,20H2,1-2H3. The van der Waals surface area contributed by atoms with Crippen LogP contribution in [0.15, 0.2) is 42.5 Å². The highest BCUT2D eigenvalue weighted by atomic mass is 14.7. The van der Waals surface area contributed by atoms with E-state index < -0.39 is 0 Å². The number of nitrogens with two attached hydrogens (primary N) is 1. The molecule has 104 valence electrons. The Morgan fingerprint density at radius 3 is 2.55 bits per heavy atom. The van der Waals surface area contributed by atoms with E-state index >= 15 is 0 Å². The predicted octanol–water partition coefficient (Wildman–Crippen LogP) is 4.11. The Morgan fingerprint density at radius 2 is 1.75 bits per heavy atom. The summed E-state index contributed by atoms with van der Waals surface area (Å²) >= 11 is 0. The molecule has 1 aliphatic rings. The second-order valence-corrected chi connectivity index (χ2v) is 6.09. The van der Waals surface area contributed by atoms with Crippen molar-refractivity contribution in [2.24, 2.45) is 11.7 Å². The lowest BCUT2D eigenvalue weighted by molar-refractivity contribution is 0.381. The second-order valence-electron chi connectivity index (χ2n) is 6.09. The van der Waals surface area contributed by atoms with Gasteiger partial charge in [-0.3, -0.25) is 0 Å². The minimum Gasteiger partial charge on any atom is -0.324 e. The van der Waals surface area contributed by atoms with Crippen LogP contribution in [0.3, 0.4) is 0 Å². The largest absolute Gasteiger partial charge is 0.324 e. The van der Waals surface area contributed by atoms with Crippen LogP contribution in [0, 0.1) is 19.8 Å². The maximum Gasteiger partial charge on any atom is 0.0329 e. The highest BCUT2D eigenvalue weighted by Gasteiger charge is 2.25. The van der Waals surface area contributed by atoms with E-state index in [9.17, 15) is 0 Å². The number of fused-ring (bicyclic) bond motifs is 1. The number of hydrogen-bond acceptors (Lipinski definition) is 1. The maximum atomic E-state index is 6.60. The molecule has 0 heterocycles. The molecule has 3 rings (SSSR count). The van der Waals surface area contributed by atoms with Crippen LogP contribution in [0.25, 0.3) is 0 Å². The first kappa shape index (κ1) is 13.4. The zero-order chi connectivity index (χ0) is 14.1. The van der Waals surface area contributed by atoms with E-state index in [4.69, 9.17) is 5.73 Å². The van der Waals surface area contributed by atoms with Crippen molar-refractivity contribution >= 4 is 0 Å². The van der Waals surface area contributed by atoms with Gasteiger partial charge < -0.3 is 5.73 Å². The van der Waals surface area contributed by atoms with Crippen molar-refractivity contribution in [2.45, 2.75) is 39.2 Å². The van der Waals surface area contributed by atoms with Gasteiger partial charge in [0.1, 0.15) is 0 Å². The lowest BCUT2D eigenvalue weighted by Crippen LogP contribution is -2.27. The molecule has 0 amide bonds. The molecule has 0 spiro atoms. The van der Waals surface area contributed by atoms with Crippen molar-refractivity contribution in [3.05, 3.63) is 70.3 Å². The molecule has 2 aromatic rings. The monoisotopic (exact) mass is 265 g/mol. The van der Waals surface area contributed by atoms with Gasteiger partial charge in [0.15, 0.2) is 0 Å². The summed E-state index contributed by atoms with van der Waals surface area (Å²) in [5.74, 6) is 0.561. The Morgan fingerprint density at radius 1 is 1.00 bits per heavy atom. The summed E-state index contributed by atoms with van der Waals surface area (Å²) in [6.45, 7) is 4.36. The topological polar surface area (TPSA) is 26.0 Å². The lowest BCUT2D eigenvalue weighted by Gasteiger charge is -2.30. The second kappa shape index (κ2) is 5.41. The number of aryl methyl sites for hydroxylation is 2. The molecule has 2 aromatic carbocycles. The molecule has 1 nitrogen and oxygen atoms in total. The van der Waals surface area contributed by atoms with Gasteiger partial charge in [-0.25, -0.2) is 0 Å². The van der Waals surface area contributed by atoms with Crippen LogP contribution in [0.2, 0.25) is 0 Å². The molecule has 0 saturated carbocycles. The zero-order valence-electron chi connectivity index (χ0n) is 12.4. The van der Waals surface area contributed by atoms with Crippen molar-refractivity contribution in [1.82, 2.24) is 0 Å². The summed E-state index contributed by atoms with van der Waals surface area (Å²) < 4.78 is 0. The third-order valence-electron chi connectivity index (χ3n) is 4.90. The SMILES string of the molecule is Cc1cccc(C(N)C2CCc3ccccc3C2)c1C. The molecule has 1 aliphatic carbocycles. The van der Waals surface area contributed by atoms with Gasteiger partial charge in [0.25, 0.3) is 0 Å². The quantitative estimate of drug-likeness (QED) is 0.869. The van der Waals surface area contributed by atoms with Gasteiger partial charge in [0, 0.05) is 6.04 Å². The van der Waals surface area contributed by atoms with E-state index in [1.165, 1.54) is 40.7 Å². The fourth-order valence-electron chi connectivity index (χ4n) is 3.42. The molecular formula is C19H23N. The predicted molar refractivity (Wildman–Crippen MR) is 84.8 cm³/mol. The van der Waals surface area contributed by atoms with E-state index in [2.05, 4.69) is 56.3 Å². The van der Waals surface area contributed by atoms with Gasteiger partial charge in [0.2, 0.25) is 0 Å². The number of rotatable bonds is 2. The number of hydrogen-bond donors (Lipinski definition) is 1. The van der Waals surface area contributed by atoms with Crippen LogP contribution in [0.1, 0.15) is 40.3 Å². The van der Waals surface area contributed by atoms with E-state index in [1.54, 1.807) is 0 Å². The third-order valence-corrected chi connectivity index (χ3v) is 4.90. The lowest BCUT2D eigenvalue weighted by atomic mass is 9.77. The van der Waals surface area contributed by atoms with Crippen molar-refractivity contribution in [2.75, 3.05) is 0 Å². The summed E-state index contributed by atoms with van der Waals surface area (Å²) in [7, 11) is 0. The van der Waals surface area contributed by atoms with E-state index in [0.717, 1.165) is 6.42 Å². The van der Waals surface area contributed by atoms with E-state index in [-0.39, 0.29) is 6.04 Å². The van der Waals surface area contributed by atoms with Gasteiger partial charge in [-0.1, -0.05) is 42.5 Å². The third kappa shape index (κ3) is 2.38. The summed E-state index contributed by atoms with van der Waals surface area (Å²) in [6.07, 6.45) is 3.48. The molecule has 0 radical (unpaired) electrons. The average Bonchev–Trinajstić information content (AvgIpc) is 2.49. The Bertz CT molecular complexity index is 615. The normalized spacial score (nSPS) is 19.4. The molecule has 1 heteroatoms. The van der Waals surface area contributed by atoms with Crippen LogP contribution in [-0.4, -0.2) is 0 Å². The highest BCUT2D eigenvalue weighted by Crippen LogP contribution is 2.34. The molecule has 2 N–H and O–H groups in total. The molecule has 0 aromatic heterocycles. The van der Waals surface area contributed by atoms with Gasteiger partial charge in [-0.2, -0.15) is 0 Å². The van der Waals surface area contributed by atoms with Crippen LogP contribution in [0.5, 0.6) is 0 Å². The fraction of sp³-hybridized carbons (Fsp3) is 0.368. The molecule has 20 heavy (non-hydrogen) atoms. The van der Waals surface area contributed by atoms with E-state index in [0.29, 0.717) is 5.92 Å². The summed E-state index contributed by atoms with van der Waals surface area (Å²) in [5, 5.41) is 0. The van der Waals surface area contributed by atoms with Gasteiger partial charge in [0.05, 0.1) is 0 Å². The van der Waals surface area contributed by atoms with Gasteiger partial charge in [-0.15, -0.1) is 0 Å². The van der Waals surface area contributed by atoms with E-state index in [1.807, 2.05) is 0 Å². The Labute approximate surface area is 121 Å². The summed E-state index contributed by atoms with van der Waals surface area (Å²) in [4.78, 5) is 0. The minimum absolute atomic E-state index is 0.156. The molecular weight excluding hydrogens is 242 g/mol. The molecule has 2 unspecified atom stereocenters. The van der Waals surface area contributed by atoms with Crippen molar-refractivity contribution < 1.29 is 0 Å². The molecule has 0 saturated heterocycles. The van der Waals surface area contributed by atoms with Gasteiger partial charge in [-0.05, 0) is 66.8 Å². The first-order chi connectivity index (χ1) is 9.66. The maximum absolute atomic E-state index is 6.60. The highest BCUT2D eigenvalue weighted by molar-refractivity contribution is 5.37. The van der Waals surface area contributed by atoms with Crippen LogP contribution in [0.4, 0.5) is 0 Å². The zero-order valence-corrected chi connectivity index (χ0v) is 12.4. The summed E-state index contributed by atoms with van der Waals surface area (Å²) in [5.41, 5.74) is 13.6. The molecule has 0 aliphatic heterocycles. The smallest absolute Gasteiger partial charge is 0.0329 e. The molecule has 2 atom stereocenters. The van der Waals surface area contributed by atoms with Crippen molar-refractivity contribution in [1.29, 1.82) is 0 Å². The first-order valence-electron chi connectivity index (χ1n) is 7.55. The van der Waals surface area contributed by atoms with Crippen molar-refractivity contribution in [3.63, 3.8) is 0 Å². The fourth-order valence-corrected chi connectivity index (χ4v) is 3.42.